The Balaban J connectivity index is 1.64. The van der Waals surface area contributed by atoms with Crippen LogP contribution in [-0.2, 0) is 16.0 Å². The lowest BCUT2D eigenvalue weighted by molar-refractivity contribution is -0.129. The van der Waals surface area contributed by atoms with Crippen LogP contribution in [0, 0.1) is 5.41 Å². The number of halogens is 1. The molecular weight excluding hydrogens is 382 g/mol. The number of benzene rings is 1. The third kappa shape index (κ3) is 5.17. The Labute approximate surface area is 167 Å². The van der Waals surface area contributed by atoms with E-state index in [0.717, 1.165) is 12.0 Å². The minimum Gasteiger partial charge on any atom is -0.354 e. The Kier molecular flexibility index (Phi) is 6.63. The number of rotatable bonds is 8. The van der Waals surface area contributed by atoms with Crippen molar-refractivity contribution in [3.63, 3.8) is 0 Å². The van der Waals surface area contributed by atoms with Crippen molar-refractivity contribution in [3.8, 4) is 0 Å². The summed E-state index contributed by atoms with van der Waals surface area (Å²) in [5.41, 5.74) is 2.17. The average Bonchev–Trinajstić information content (AvgIpc) is 3.33. The van der Waals surface area contributed by atoms with Gasteiger partial charge in [-0.2, -0.15) is 11.3 Å². The van der Waals surface area contributed by atoms with Crippen LogP contribution < -0.4 is 5.32 Å². The average molecular weight is 404 g/mol. The molecule has 1 atom stereocenters. The van der Waals surface area contributed by atoms with Gasteiger partial charge in [-0.05, 0) is 52.9 Å². The largest absolute Gasteiger partial charge is 0.354 e. The van der Waals surface area contributed by atoms with Gasteiger partial charge in [0.2, 0.25) is 11.8 Å². The minimum absolute atomic E-state index is 0.0336. The Bertz CT molecular complexity index is 805. The van der Waals surface area contributed by atoms with Gasteiger partial charge in [0.05, 0.1) is 11.8 Å². The molecule has 0 aliphatic carbocycles. The Hall–Kier alpha value is -2.18. The number of likely N-dealkylation sites (tertiary alicyclic amines) is 1. The summed E-state index contributed by atoms with van der Waals surface area (Å²) in [5, 5.41) is 16.1. The maximum atomic E-state index is 12.2. The molecule has 0 saturated carbocycles. The van der Waals surface area contributed by atoms with Crippen molar-refractivity contribution in [3.05, 3.63) is 57.2 Å². The van der Waals surface area contributed by atoms with Gasteiger partial charge in [-0.15, -0.1) is 0 Å². The summed E-state index contributed by atoms with van der Waals surface area (Å²) in [6, 6.07) is 8.56. The van der Waals surface area contributed by atoms with E-state index < -0.39 is 6.04 Å². The van der Waals surface area contributed by atoms with Crippen LogP contribution in [0.4, 0.5) is 0 Å². The first-order chi connectivity index (χ1) is 13.0. The Morgan fingerprint density at radius 2 is 2.07 bits per heavy atom. The van der Waals surface area contributed by atoms with Crippen LogP contribution in [0.1, 0.15) is 30.4 Å². The summed E-state index contributed by atoms with van der Waals surface area (Å²) >= 11 is 7.55. The van der Waals surface area contributed by atoms with E-state index in [0.29, 0.717) is 42.1 Å². The van der Waals surface area contributed by atoms with Gasteiger partial charge in [0.1, 0.15) is 0 Å². The highest BCUT2D eigenvalue weighted by Crippen LogP contribution is 2.18. The second-order valence-electron chi connectivity index (χ2n) is 6.56. The van der Waals surface area contributed by atoms with E-state index in [4.69, 9.17) is 17.0 Å². The molecule has 0 spiro atoms. The molecule has 1 aliphatic rings. The summed E-state index contributed by atoms with van der Waals surface area (Å²) in [4.78, 5) is 26.2. The van der Waals surface area contributed by atoms with Crippen molar-refractivity contribution >= 4 is 40.5 Å². The van der Waals surface area contributed by atoms with Crippen molar-refractivity contribution in [2.75, 3.05) is 13.1 Å². The zero-order valence-electron chi connectivity index (χ0n) is 14.9. The molecule has 2 heterocycles. The highest BCUT2D eigenvalue weighted by atomic mass is 35.5. The lowest BCUT2D eigenvalue weighted by Crippen LogP contribution is -2.49. The van der Waals surface area contributed by atoms with E-state index in [1.807, 2.05) is 16.8 Å². The number of hydrogen-bond donors (Lipinski definition) is 2. The summed E-state index contributed by atoms with van der Waals surface area (Å²) in [7, 11) is 0. The molecule has 2 N–H and O–H groups in total. The van der Waals surface area contributed by atoms with E-state index in [1.165, 1.54) is 0 Å². The van der Waals surface area contributed by atoms with Crippen LogP contribution >= 0.6 is 22.9 Å². The molecule has 27 heavy (non-hydrogen) atoms. The van der Waals surface area contributed by atoms with E-state index in [2.05, 4.69) is 5.32 Å². The van der Waals surface area contributed by atoms with E-state index >= 15 is 0 Å². The predicted octanol–water partition coefficient (Wildman–Crippen LogP) is 3.51. The molecule has 1 saturated heterocycles. The van der Waals surface area contributed by atoms with Gasteiger partial charge in [0.15, 0.2) is 0 Å². The number of thiophene rings is 1. The zero-order chi connectivity index (χ0) is 19.2. The van der Waals surface area contributed by atoms with Crippen molar-refractivity contribution in [1.82, 2.24) is 10.2 Å². The quantitative estimate of drug-likeness (QED) is 0.662. The Morgan fingerprint density at radius 3 is 2.70 bits per heavy atom. The molecule has 5 nitrogen and oxygen atoms in total. The zero-order valence-corrected chi connectivity index (χ0v) is 16.5. The van der Waals surface area contributed by atoms with Crippen LogP contribution in [0.15, 0.2) is 41.1 Å². The van der Waals surface area contributed by atoms with Gasteiger partial charge < -0.3 is 15.6 Å². The van der Waals surface area contributed by atoms with Crippen LogP contribution in [0.3, 0.4) is 0 Å². The minimum atomic E-state index is -0.466. The highest BCUT2D eigenvalue weighted by molar-refractivity contribution is 7.07. The summed E-state index contributed by atoms with van der Waals surface area (Å²) in [6.45, 7) is 0.861. The standard InChI is InChI=1S/C20H22ClN3O2S/c21-16-6-4-15(5-7-16)20(22)17(24-10-1-2-19(24)26)12-23-18(25)8-3-14-9-11-27-13-14/h4-7,9,11,13,17,22H,1-3,8,10,12H2,(H,23,25). The second kappa shape index (κ2) is 9.15. The van der Waals surface area contributed by atoms with E-state index in [1.54, 1.807) is 40.5 Å². The monoisotopic (exact) mass is 403 g/mol. The van der Waals surface area contributed by atoms with Crippen LogP contribution in [0.25, 0.3) is 0 Å². The molecule has 3 rings (SSSR count). The second-order valence-corrected chi connectivity index (χ2v) is 7.78. The third-order valence-electron chi connectivity index (χ3n) is 4.69. The van der Waals surface area contributed by atoms with Crippen LogP contribution in [-0.4, -0.2) is 41.6 Å². The third-order valence-corrected chi connectivity index (χ3v) is 5.67. The lowest BCUT2D eigenvalue weighted by Gasteiger charge is -2.29. The smallest absolute Gasteiger partial charge is 0.223 e. The van der Waals surface area contributed by atoms with Crippen molar-refractivity contribution in [2.45, 2.75) is 31.7 Å². The maximum Gasteiger partial charge on any atom is 0.223 e. The molecule has 2 aromatic rings. The van der Waals surface area contributed by atoms with Crippen molar-refractivity contribution in [1.29, 1.82) is 5.41 Å². The number of carbonyl (C=O) groups excluding carboxylic acids is 2. The first-order valence-corrected chi connectivity index (χ1v) is 10.3. The molecule has 142 valence electrons. The number of carbonyl (C=O) groups is 2. The van der Waals surface area contributed by atoms with Gasteiger partial charge >= 0.3 is 0 Å². The molecule has 1 fully saturated rings. The molecule has 1 unspecified atom stereocenters. The molecule has 7 heteroatoms. The summed E-state index contributed by atoms with van der Waals surface area (Å²) in [5.74, 6) is -0.0343. The summed E-state index contributed by atoms with van der Waals surface area (Å²) in [6.07, 6.45) is 2.37. The fourth-order valence-corrected chi connectivity index (χ4v) is 4.01. The van der Waals surface area contributed by atoms with Crippen LogP contribution in [0.5, 0.6) is 0 Å². The Morgan fingerprint density at radius 1 is 1.30 bits per heavy atom. The topological polar surface area (TPSA) is 73.3 Å². The predicted molar refractivity (Wildman–Crippen MR) is 109 cm³/mol. The van der Waals surface area contributed by atoms with Gasteiger partial charge in [-0.3, -0.25) is 9.59 Å². The first-order valence-electron chi connectivity index (χ1n) is 8.96. The van der Waals surface area contributed by atoms with Crippen LogP contribution in [0.2, 0.25) is 5.02 Å². The number of hydrogen-bond acceptors (Lipinski definition) is 4. The van der Waals surface area contributed by atoms with Gasteiger partial charge in [0, 0.05) is 31.0 Å². The van der Waals surface area contributed by atoms with Gasteiger partial charge in [-0.1, -0.05) is 23.7 Å². The SMILES string of the molecule is N=C(c1ccc(Cl)cc1)C(CNC(=O)CCc1ccsc1)N1CCCC1=O. The fraction of sp³-hybridized carbons (Fsp3) is 0.350. The first kappa shape index (κ1) is 19.6. The van der Waals surface area contributed by atoms with Crippen molar-refractivity contribution < 1.29 is 9.59 Å². The molecule has 0 radical (unpaired) electrons. The molecule has 0 bridgehead atoms. The normalized spacial score (nSPS) is 15.0. The molecule has 1 aromatic heterocycles. The van der Waals surface area contributed by atoms with Gasteiger partial charge in [0.25, 0.3) is 0 Å². The number of aryl methyl sites for hydroxylation is 1. The summed E-state index contributed by atoms with van der Waals surface area (Å²) < 4.78 is 0. The molecule has 2 amide bonds. The highest BCUT2D eigenvalue weighted by Gasteiger charge is 2.31. The lowest BCUT2D eigenvalue weighted by atomic mass is 10.0. The number of nitrogens with zero attached hydrogens (tertiary/aromatic N) is 1. The van der Waals surface area contributed by atoms with Gasteiger partial charge in [-0.25, -0.2) is 0 Å². The number of nitrogens with one attached hydrogen (secondary N) is 2. The van der Waals surface area contributed by atoms with E-state index in [-0.39, 0.29) is 18.4 Å². The number of amides is 2. The van der Waals surface area contributed by atoms with E-state index in [9.17, 15) is 9.59 Å². The van der Waals surface area contributed by atoms with Crippen molar-refractivity contribution in [2.24, 2.45) is 0 Å². The fourth-order valence-electron chi connectivity index (χ4n) is 3.18. The molecular formula is C20H22ClN3O2S. The molecule has 1 aliphatic heterocycles. The molecule has 1 aromatic carbocycles. The maximum absolute atomic E-state index is 12.2.